The molecule has 2 N–H and O–H groups in total. The van der Waals surface area contributed by atoms with Crippen molar-refractivity contribution in [1.82, 2.24) is 20.5 Å². The summed E-state index contributed by atoms with van der Waals surface area (Å²) in [7, 11) is 0. The Hall–Kier alpha value is -1.67. The first-order valence-corrected chi connectivity index (χ1v) is 7.97. The third-order valence-electron chi connectivity index (χ3n) is 3.51. The maximum absolute atomic E-state index is 12.0. The third-order valence-corrected chi connectivity index (χ3v) is 4.34. The van der Waals surface area contributed by atoms with Crippen molar-refractivity contribution >= 4 is 28.4 Å². The third kappa shape index (κ3) is 4.15. The molecule has 1 aromatic heterocycles. The molecule has 116 valence electrons. The molecule has 0 radical (unpaired) electrons. The Labute approximate surface area is 128 Å². The quantitative estimate of drug-likeness (QED) is 0.847. The number of hydrogen-bond donors (Lipinski definition) is 2. The van der Waals surface area contributed by atoms with Gasteiger partial charge in [-0.15, -0.1) is 11.3 Å². The van der Waals surface area contributed by atoms with Gasteiger partial charge in [0.15, 0.2) is 5.13 Å². The van der Waals surface area contributed by atoms with Crippen LogP contribution < -0.4 is 15.5 Å². The lowest BCUT2D eigenvalue weighted by atomic mass is 10.2. The van der Waals surface area contributed by atoms with Crippen molar-refractivity contribution in [2.75, 3.05) is 37.6 Å². The molecule has 1 saturated heterocycles. The number of thiazole rings is 1. The van der Waals surface area contributed by atoms with Crippen LogP contribution in [0.1, 0.15) is 13.8 Å². The van der Waals surface area contributed by atoms with Gasteiger partial charge in [0, 0.05) is 44.3 Å². The zero-order valence-electron chi connectivity index (χ0n) is 12.3. The molecule has 0 aliphatic carbocycles. The van der Waals surface area contributed by atoms with Crippen LogP contribution in [0.4, 0.5) is 9.93 Å². The van der Waals surface area contributed by atoms with Crippen molar-refractivity contribution in [3.05, 3.63) is 11.6 Å². The van der Waals surface area contributed by atoms with Gasteiger partial charge in [-0.05, 0) is 13.8 Å². The number of anilines is 1. The molecule has 0 saturated carbocycles. The molecule has 2 heterocycles. The Morgan fingerprint density at radius 3 is 2.67 bits per heavy atom. The number of rotatable bonds is 4. The van der Waals surface area contributed by atoms with E-state index >= 15 is 0 Å². The molecule has 0 bridgehead atoms. The van der Waals surface area contributed by atoms with Crippen LogP contribution in [0.5, 0.6) is 0 Å². The number of imide groups is 1. The molecule has 1 aliphatic rings. The van der Waals surface area contributed by atoms with Crippen molar-refractivity contribution < 1.29 is 9.59 Å². The second-order valence-corrected chi connectivity index (χ2v) is 5.74. The summed E-state index contributed by atoms with van der Waals surface area (Å²) in [6, 6.07) is -0.748. The van der Waals surface area contributed by atoms with Gasteiger partial charge < -0.3 is 10.2 Å². The van der Waals surface area contributed by atoms with E-state index in [1.165, 1.54) is 0 Å². The number of carbonyl (C=O) groups is 2. The minimum absolute atomic E-state index is 0.261. The van der Waals surface area contributed by atoms with E-state index in [1.54, 1.807) is 17.5 Å². The second kappa shape index (κ2) is 7.37. The first kappa shape index (κ1) is 15.7. The van der Waals surface area contributed by atoms with Crippen LogP contribution in [0.3, 0.4) is 0 Å². The lowest BCUT2D eigenvalue weighted by Gasteiger charge is -2.37. The minimum Gasteiger partial charge on any atom is -0.346 e. The predicted octanol–water partition coefficient (Wildman–Crippen LogP) is 0.499. The first-order chi connectivity index (χ1) is 10.1. The van der Waals surface area contributed by atoms with Crippen molar-refractivity contribution in [3.63, 3.8) is 0 Å². The number of aromatic nitrogens is 1. The largest absolute Gasteiger partial charge is 0.346 e. The maximum Gasteiger partial charge on any atom is 0.321 e. The first-order valence-electron chi connectivity index (χ1n) is 7.09. The van der Waals surface area contributed by atoms with E-state index in [-0.39, 0.29) is 11.9 Å². The van der Waals surface area contributed by atoms with Crippen molar-refractivity contribution in [2.24, 2.45) is 0 Å². The molecule has 1 aromatic rings. The molecule has 2 rings (SSSR count). The molecular formula is C13H21N5O2S. The zero-order valence-corrected chi connectivity index (χ0v) is 13.2. The van der Waals surface area contributed by atoms with Gasteiger partial charge in [0.25, 0.3) is 0 Å². The van der Waals surface area contributed by atoms with Gasteiger partial charge in [0.05, 0.1) is 6.04 Å². The topological polar surface area (TPSA) is 77.6 Å². The number of amides is 3. The average Bonchev–Trinajstić information content (AvgIpc) is 3.01. The fourth-order valence-electron chi connectivity index (χ4n) is 2.26. The van der Waals surface area contributed by atoms with Gasteiger partial charge in [0.1, 0.15) is 0 Å². The summed E-state index contributed by atoms with van der Waals surface area (Å²) in [5.41, 5.74) is 0. The van der Waals surface area contributed by atoms with Crippen molar-refractivity contribution in [1.29, 1.82) is 0 Å². The zero-order chi connectivity index (χ0) is 15.2. The van der Waals surface area contributed by atoms with Gasteiger partial charge >= 0.3 is 6.03 Å². The van der Waals surface area contributed by atoms with Crippen LogP contribution in [-0.2, 0) is 4.79 Å². The summed E-state index contributed by atoms with van der Waals surface area (Å²) in [5.74, 6) is -0.261. The maximum atomic E-state index is 12.0. The Kier molecular flexibility index (Phi) is 5.51. The van der Waals surface area contributed by atoms with Gasteiger partial charge in [0.2, 0.25) is 5.91 Å². The highest BCUT2D eigenvalue weighted by Crippen LogP contribution is 2.19. The number of nitrogens with zero attached hydrogens (tertiary/aromatic N) is 3. The summed E-state index contributed by atoms with van der Waals surface area (Å²) in [6.07, 6.45) is 1.80. The van der Waals surface area contributed by atoms with Crippen LogP contribution in [-0.4, -0.2) is 60.6 Å². The average molecular weight is 311 g/mol. The number of hydrogen-bond acceptors (Lipinski definition) is 6. The van der Waals surface area contributed by atoms with Crippen molar-refractivity contribution in [3.8, 4) is 0 Å². The SMILES string of the molecule is CCNC(=O)NC(=O)C(C)N1CCN(c2nccs2)CC1. The van der Waals surface area contributed by atoms with Crippen molar-refractivity contribution in [2.45, 2.75) is 19.9 Å². The fourth-order valence-corrected chi connectivity index (χ4v) is 2.96. The molecule has 1 aliphatic heterocycles. The second-order valence-electron chi connectivity index (χ2n) is 4.86. The fraction of sp³-hybridized carbons (Fsp3) is 0.615. The Morgan fingerprint density at radius 2 is 2.10 bits per heavy atom. The molecule has 0 aromatic carbocycles. The van der Waals surface area contributed by atoms with E-state index in [0.29, 0.717) is 6.54 Å². The highest BCUT2D eigenvalue weighted by Gasteiger charge is 2.27. The van der Waals surface area contributed by atoms with E-state index in [9.17, 15) is 9.59 Å². The number of nitrogens with one attached hydrogen (secondary N) is 2. The molecule has 1 unspecified atom stereocenters. The van der Waals surface area contributed by atoms with Gasteiger partial charge in [-0.3, -0.25) is 15.0 Å². The van der Waals surface area contributed by atoms with Gasteiger partial charge in [-0.25, -0.2) is 9.78 Å². The van der Waals surface area contributed by atoms with Crippen LogP contribution in [0, 0.1) is 0 Å². The highest BCUT2D eigenvalue weighted by molar-refractivity contribution is 7.13. The summed E-state index contributed by atoms with van der Waals surface area (Å²) in [5, 5.41) is 7.90. The van der Waals surface area contributed by atoms with Crippen LogP contribution in [0.25, 0.3) is 0 Å². The highest BCUT2D eigenvalue weighted by atomic mass is 32.1. The molecule has 8 heteroatoms. The summed E-state index contributed by atoms with van der Waals surface area (Å²) in [6.45, 7) is 7.38. The molecule has 0 spiro atoms. The van der Waals surface area contributed by atoms with Crippen LogP contribution >= 0.6 is 11.3 Å². The summed E-state index contributed by atoms with van der Waals surface area (Å²) >= 11 is 1.62. The lowest BCUT2D eigenvalue weighted by Crippen LogP contribution is -2.55. The molecular weight excluding hydrogens is 290 g/mol. The van der Waals surface area contributed by atoms with E-state index in [1.807, 2.05) is 19.2 Å². The molecule has 3 amide bonds. The summed E-state index contributed by atoms with van der Waals surface area (Å²) in [4.78, 5) is 32.0. The number of piperazine rings is 1. The lowest BCUT2D eigenvalue weighted by molar-refractivity contribution is -0.124. The standard InChI is InChI=1S/C13H21N5O2S/c1-3-14-12(20)16-11(19)10(2)17-5-7-18(8-6-17)13-15-4-9-21-13/h4,9-10H,3,5-8H2,1-2H3,(H2,14,16,19,20). The van der Waals surface area contributed by atoms with Gasteiger partial charge in [-0.1, -0.05) is 0 Å². The van der Waals surface area contributed by atoms with Crippen LogP contribution in [0.2, 0.25) is 0 Å². The van der Waals surface area contributed by atoms with E-state index in [2.05, 4.69) is 25.4 Å². The molecule has 1 atom stereocenters. The van der Waals surface area contributed by atoms with Gasteiger partial charge in [-0.2, -0.15) is 0 Å². The Balaban J connectivity index is 1.81. The Morgan fingerprint density at radius 1 is 1.38 bits per heavy atom. The predicted molar refractivity (Wildman–Crippen MR) is 82.6 cm³/mol. The number of carbonyl (C=O) groups excluding carboxylic acids is 2. The summed E-state index contributed by atoms with van der Waals surface area (Å²) < 4.78 is 0. The monoisotopic (exact) mass is 311 g/mol. The molecule has 21 heavy (non-hydrogen) atoms. The van der Waals surface area contributed by atoms with E-state index < -0.39 is 6.03 Å². The van der Waals surface area contributed by atoms with E-state index in [4.69, 9.17) is 0 Å². The van der Waals surface area contributed by atoms with E-state index in [0.717, 1.165) is 31.3 Å². The van der Waals surface area contributed by atoms with Crippen LogP contribution in [0.15, 0.2) is 11.6 Å². The number of urea groups is 1. The molecule has 7 nitrogen and oxygen atoms in total. The molecule has 1 fully saturated rings. The minimum atomic E-state index is -0.434. The Bertz CT molecular complexity index is 471. The normalized spacial score (nSPS) is 17.3. The smallest absolute Gasteiger partial charge is 0.321 e.